The lowest BCUT2D eigenvalue weighted by Gasteiger charge is -2.12. The van der Waals surface area contributed by atoms with Gasteiger partial charge in [0.15, 0.2) is 5.70 Å². The number of para-hydroxylation sites is 1. The highest BCUT2D eigenvalue weighted by molar-refractivity contribution is 6.12. The van der Waals surface area contributed by atoms with Crippen molar-refractivity contribution in [2.75, 3.05) is 0 Å². The number of aryl methyl sites for hydroxylation is 1. The summed E-state index contributed by atoms with van der Waals surface area (Å²) in [6.45, 7) is 5.92. The number of carbonyl (C=O) groups excluding carboxylic acids is 1. The zero-order valence-corrected chi connectivity index (χ0v) is 13.9. The van der Waals surface area contributed by atoms with E-state index in [0.717, 1.165) is 16.7 Å². The minimum atomic E-state index is -0.454. The molecule has 0 bridgehead atoms. The Morgan fingerprint density at radius 3 is 2.50 bits per heavy atom. The van der Waals surface area contributed by atoms with Gasteiger partial charge in [-0.25, -0.2) is 9.79 Å². The smallest absolute Gasteiger partial charge is 0.363 e. The van der Waals surface area contributed by atoms with E-state index in [1.54, 1.807) is 6.08 Å². The molecule has 1 heterocycles. The molecule has 0 fully saturated rings. The Bertz CT molecular complexity index is 817. The van der Waals surface area contributed by atoms with Crippen LogP contribution in [0.15, 0.2) is 59.2 Å². The highest BCUT2D eigenvalue weighted by Crippen LogP contribution is 2.25. The molecule has 4 nitrogen and oxygen atoms in total. The minimum Gasteiger partial charge on any atom is -0.490 e. The maximum absolute atomic E-state index is 12.1. The summed E-state index contributed by atoms with van der Waals surface area (Å²) in [6, 6.07) is 15.2. The van der Waals surface area contributed by atoms with E-state index in [2.05, 4.69) is 4.99 Å². The van der Waals surface area contributed by atoms with Crippen LogP contribution in [-0.2, 0) is 9.53 Å². The zero-order chi connectivity index (χ0) is 17.1. The zero-order valence-electron chi connectivity index (χ0n) is 13.9. The summed E-state index contributed by atoms with van der Waals surface area (Å²) >= 11 is 0. The SMILES string of the molecule is Cc1ccc(C2=N/C(=C\c3ccccc3OC(C)C)C(=O)O2)cc1. The van der Waals surface area contributed by atoms with E-state index in [4.69, 9.17) is 9.47 Å². The highest BCUT2D eigenvalue weighted by atomic mass is 16.6. The standard InChI is InChI=1S/C20H19NO3/c1-13(2)23-18-7-5-4-6-16(18)12-17-20(22)24-19(21-17)15-10-8-14(3)9-11-15/h4-13H,1-3H3/b17-12-. The second kappa shape index (κ2) is 6.71. The molecule has 2 aromatic rings. The van der Waals surface area contributed by atoms with E-state index in [-0.39, 0.29) is 11.8 Å². The molecular formula is C20H19NO3. The van der Waals surface area contributed by atoms with Crippen LogP contribution in [0.2, 0.25) is 0 Å². The predicted octanol–water partition coefficient (Wildman–Crippen LogP) is 4.13. The average Bonchev–Trinajstić information content (AvgIpc) is 2.90. The third-order valence-corrected chi connectivity index (χ3v) is 3.49. The lowest BCUT2D eigenvalue weighted by Crippen LogP contribution is -2.07. The molecular weight excluding hydrogens is 302 g/mol. The monoisotopic (exact) mass is 321 g/mol. The average molecular weight is 321 g/mol. The lowest BCUT2D eigenvalue weighted by molar-refractivity contribution is -0.129. The van der Waals surface area contributed by atoms with Crippen molar-refractivity contribution in [1.29, 1.82) is 0 Å². The number of cyclic esters (lactones) is 1. The van der Waals surface area contributed by atoms with Crippen molar-refractivity contribution < 1.29 is 14.3 Å². The topological polar surface area (TPSA) is 47.9 Å². The van der Waals surface area contributed by atoms with E-state index < -0.39 is 5.97 Å². The van der Waals surface area contributed by atoms with Gasteiger partial charge in [-0.1, -0.05) is 35.9 Å². The number of hydrogen-bond donors (Lipinski definition) is 0. The molecule has 4 heteroatoms. The van der Waals surface area contributed by atoms with Crippen LogP contribution in [0.1, 0.15) is 30.5 Å². The molecule has 0 spiro atoms. The Morgan fingerprint density at radius 2 is 1.79 bits per heavy atom. The molecule has 0 atom stereocenters. The first-order valence-electron chi connectivity index (χ1n) is 7.88. The first kappa shape index (κ1) is 16.0. The van der Waals surface area contributed by atoms with E-state index in [1.165, 1.54) is 0 Å². The van der Waals surface area contributed by atoms with E-state index in [9.17, 15) is 4.79 Å². The first-order valence-corrected chi connectivity index (χ1v) is 7.88. The molecule has 0 aliphatic carbocycles. The highest BCUT2D eigenvalue weighted by Gasteiger charge is 2.24. The van der Waals surface area contributed by atoms with E-state index in [1.807, 2.05) is 69.3 Å². The van der Waals surface area contributed by atoms with Crippen molar-refractivity contribution in [2.45, 2.75) is 26.9 Å². The summed E-state index contributed by atoms with van der Waals surface area (Å²) in [5.41, 5.74) is 2.99. The van der Waals surface area contributed by atoms with Crippen LogP contribution in [-0.4, -0.2) is 18.0 Å². The van der Waals surface area contributed by atoms with E-state index in [0.29, 0.717) is 11.6 Å². The summed E-state index contributed by atoms with van der Waals surface area (Å²) in [5.74, 6) is 0.588. The molecule has 0 N–H and O–H groups in total. The molecule has 122 valence electrons. The molecule has 1 aliphatic rings. The summed E-state index contributed by atoms with van der Waals surface area (Å²) in [7, 11) is 0. The van der Waals surface area contributed by atoms with Gasteiger partial charge in [-0.2, -0.15) is 0 Å². The third kappa shape index (κ3) is 3.54. The van der Waals surface area contributed by atoms with Crippen LogP contribution < -0.4 is 4.74 Å². The van der Waals surface area contributed by atoms with Crippen molar-refractivity contribution in [1.82, 2.24) is 0 Å². The Morgan fingerprint density at radius 1 is 1.08 bits per heavy atom. The van der Waals surface area contributed by atoms with Gasteiger partial charge < -0.3 is 9.47 Å². The van der Waals surface area contributed by atoms with Gasteiger partial charge in [0.2, 0.25) is 5.90 Å². The number of benzene rings is 2. The minimum absolute atomic E-state index is 0.0479. The van der Waals surface area contributed by atoms with Crippen molar-refractivity contribution in [3.63, 3.8) is 0 Å². The number of nitrogens with zero attached hydrogens (tertiary/aromatic N) is 1. The number of aliphatic imine (C=N–C) groups is 1. The largest absolute Gasteiger partial charge is 0.490 e. The van der Waals surface area contributed by atoms with Crippen LogP contribution in [0.4, 0.5) is 0 Å². The summed E-state index contributed by atoms with van der Waals surface area (Å²) < 4.78 is 11.1. The maximum atomic E-state index is 12.1. The molecule has 2 aromatic carbocycles. The number of hydrogen-bond acceptors (Lipinski definition) is 4. The Hall–Kier alpha value is -2.88. The second-order valence-electron chi connectivity index (χ2n) is 5.91. The van der Waals surface area contributed by atoms with Gasteiger partial charge >= 0.3 is 5.97 Å². The number of ether oxygens (including phenoxy) is 2. The third-order valence-electron chi connectivity index (χ3n) is 3.49. The normalized spacial score (nSPS) is 15.6. The fraction of sp³-hybridized carbons (Fsp3) is 0.200. The fourth-order valence-electron chi connectivity index (χ4n) is 2.34. The van der Waals surface area contributed by atoms with Gasteiger partial charge in [-0.05, 0) is 45.0 Å². The summed E-state index contributed by atoms with van der Waals surface area (Å²) in [5, 5.41) is 0. The van der Waals surface area contributed by atoms with Gasteiger partial charge in [0.25, 0.3) is 0 Å². The molecule has 1 aliphatic heterocycles. The lowest BCUT2D eigenvalue weighted by atomic mass is 10.1. The molecule has 24 heavy (non-hydrogen) atoms. The predicted molar refractivity (Wildman–Crippen MR) is 94.0 cm³/mol. The fourth-order valence-corrected chi connectivity index (χ4v) is 2.34. The Balaban J connectivity index is 1.93. The summed E-state index contributed by atoms with van der Waals surface area (Å²) in [6.07, 6.45) is 1.74. The Kier molecular flexibility index (Phi) is 4.47. The van der Waals surface area contributed by atoms with E-state index >= 15 is 0 Å². The molecule has 0 radical (unpaired) electrons. The maximum Gasteiger partial charge on any atom is 0.363 e. The number of rotatable bonds is 4. The van der Waals surface area contributed by atoms with Crippen LogP contribution in [0.25, 0.3) is 6.08 Å². The molecule has 3 rings (SSSR count). The molecule has 0 unspecified atom stereocenters. The van der Waals surface area contributed by atoms with Gasteiger partial charge in [-0.3, -0.25) is 0 Å². The quantitative estimate of drug-likeness (QED) is 0.628. The van der Waals surface area contributed by atoms with Crippen molar-refractivity contribution in [3.8, 4) is 5.75 Å². The number of carbonyl (C=O) groups is 1. The van der Waals surface area contributed by atoms with Crippen LogP contribution >= 0.6 is 0 Å². The van der Waals surface area contributed by atoms with Crippen molar-refractivity contribution in [2.24, 2.45) is 4.99 Å². The second-order valence-corrected chi connectivity index (χ2v) is 5.91. The number of esters is 1. The molecule has 0 aromatic heterocycles. The first-order chi connectivity index (χ1) is 11.5. The van der Waals surface area contributed by atoms with Gasteiger partial charge in [0.05, 0.1) is 6.10 Å². The van der Waals surface area contributed by atoms with Crippen LogP contribution in [0.5, 0.6) is 5.75 Å². The Labute approximate surface area is 141 Å². The van der Waals surface area contributed by atoms with Crippen molar-refractivity contribution in [3.05, 3.63) is 70.9 Å². The van der Waals surface area contributed by atoms with Gasteiger partial charge in [0, 0.05) is 11.1 Å². The molecule has 0 amide bonds. The summed E-state index contributed by atoms with van der Waals surface area (Å²) in [4.78, 5) is 16.5. The van der Waals surface area contributed by atoms with Crippen molar-refractivity contribution >= 4 is 17.9 Å². The van der Waals surface area contributed by atoms with Gasteiger partial charge in [0.1, 0.15) is 5.75 Å². The molecule has 0 saturated carbocycles. The van der Waals surface area contributed by atoms with Crippen LogP contribution in [0.3, 0.4) is 0 Å². The van der Waals surface area contributed by atoms with Gasteiger partial charge in [-0.15, -0.1) is 0 Å². The van der Waals surface area contributed by atoms with Crippen LogP contribution in [0, 0.1) is 6.92 Å². The molecule has 0 saturated heterocycles.